The molecule has 2 N–H and O–H groups in total. The Bertz CT molecular complexity index is 451. The molecule has 0 radical (unpaired) electrons. The maximum atomic E-state index is 10.8. The lowest BCUT2D eigenvalue weighted by molar-refractivity contribution is -0.135. The van der Waals surface area contributed by atoms with Crippen LogP contribution in [0.15, 0.2) is 35.9 Å². The predicted octanol–water partition coefficient (Wildman–Crippen LogP) is 1.98. The van der Waals surface area contributed by atoms with Crippen LogP contribution < -0.4 is 0 Å². The molecule has 1 aromatic carbocycles. The van der Waals surface area contributed by atoms with Gasteiger partial charge in [0.1, 0.15) is 0 Å². The van der Waals surface area contributed by atoms with Crippen LogP contribution in [0.4, 0.5) is 0 Å². The van der Waals surface area contributed by atoms with Crippen molar-refractivity contribution in [3.8, 4) is 0 Å². The van der Waals surface area contributed by atoms with E-state index in [0.717, 1.165) is 0 Å². The molecule has 0 bridgehead atoms. The zero-order chi connectivity index (χ0) is 12.1. The number of carbonyl (C=O) groups is 2. The van der Waals surface area contributed by atoms with Crippen LogP contribution in [0.25, 0.3) is 0 Å². The number of rotatable bonds is 4. The van der Waals surface area contributed by atoms with Gasteiger partial charge in [0.25, 0.3) is 0 Å². The minimum Gasteiger partial charge on any atom is -0.478 e. The first kappa shape index (κ1) is 12.3. The van der Waals surface area contributed by atoms with Crippen molar-refractivity contribution in [1.29, 1.82) is 0 Å². The second kappa shape index (κ2) is 5.32. The van der Waals surface area contributed by atoms with Crippen molar-refractivity contribution in [3.63, 3.8) is 0 Å². The van der Waals surface area contributed by atoms with Gasteiger partial charge in [-0.15, -0.1) is 0 Å². The van der Waals surface area contributed by atoms with Crippen molar-refractivity contribution in [3.05, 3.63) is 46.5 Å². The molecule has 0 atom stereocenters. The summed E-state index contributed by atoms with van der Waals surface area (Å²) in [6, 6.07) is 6.70. The summed E-state index contributed by atoms with van der Waals surface area (Å²) in [4.78, 5) is 21.2. The van der Waals surface area contributed by atoms with Gasteiger partial charge in [-0.25, -0.2) is 9.59 Å². The van der Waals surface area contributed by atoms with Gasteiger partial charge in [-0.3, -0.25) is 0 Å². The predicted molar refractivity (Wildman–Crippen MR) is 58.5 cm³/mol. The maximum absolute atomic E-state index is 10.8. The summed E-state index contributed by atoms with van der Waals surface area (Å²) < 4.78 is 0. The van der Waals surface area contributed by atoms with E-state index in [1.165, 1.54) is 0 Å². The van der Waals surface area contributed by atoms with E-state index in [-0.39, 0.29) is 12.0 Å². The van der Waals surface area contributed by atoms with Crippen LogP contribution in [0, 0.1) is 0 Å². The fourth-order valence-electron chi connectivity index (χ4n) is 1.18. The van der Waals surface area contributed by atoms with E-state index >= 15 is 0 Å². The van der Waals surface area contributed by atoms with Gasteiger partial charge in [-0.1, -0.05) is 29.8 Å². The molecule has 4 nitrogen and oxygen atoms in total. The van der Waals surface area contributed by atoms with Gasteiger partial charge in [-0.05, 0) is 11.6 Å². The summed E-state index contributed by atoms with van der Waals surface area (Å²) in [7, 11) is 0. The number of hydrogen-bond donors (Lipinski definition) is 2. The Morgan fingerprint density at radius 1 is 1.25 bits per heavy atom. The molecule has 0 aliphatic heterocycles. The van der Waals surface area contributed by atoms with Crippen LogP contribution in [-0.2, 0) is 16.0 Å². The minimum atomic E-state index is -1.29. The molecule has 0 aliphatic rings. The van der Waals surface area contributed by atoms with Gasteiger partial charge in [-0.2, -0.15) is 0 Å². The summed E-state index contributed by atoms with van der Waals surface area (Å²) in [6.45, 7) is 0. The molecule has 16 heavy (non-hydrogen) atoms. The molecule has 0 saturated carbocycles. The van der Waals surface area contributed by atoms with E-state index in [4.69, 9.17) is 21.8 Å². The fraction of sp³-hybridized carbons (Fsp3) is 0.0909. The lowest BCUT2D eigenvalue weighted by Gasteiger charge is -2.04. The first-order chi connectivity index (χ1) is 7.50. The smallest absolute Gasteiger partial charge is 0.332 e. The van der Waals surface area contributed by atoms with Crippen LogP contribution in [0.1, 0.15) is 5.56 Å². The topological polar surface area (TPSA) is 74.6 Å². The fourth-order valence-corrected chi connectivity index (χ4v) is 1.39. The third kappa shape index (κ3) is 3.40. The molecule has 5 heteroatoms. The number of benzene rings is 1. The Morgan fingerprint density at radius 3 is 2.38 bits per heavy atom. The maximum Gasteiger partial charge on any atom is 0.332 e. The van der Waals surface area contributed by atoms with E-state index < -0.39 is 11.9 Å². The van der Waals surface area contributed by atoms with Crippen LogP contribution in [0.5, 0.6) is 0 Å². The van der Waals surface area contributed by atoms with Crippen molar-refractivity contribution >= 4 is 23.5 Å². The van der Waals surface area contributed by atoms with Crippen LogP contribution in [0.2, 0.25) is 5.02 Å². The lowest BCUT2D eigenvalue weighted by Crippen LogP contribution is -2.07. The molecule has 0 heterocycles. The first-order valence-corrected chi connectivity index (χ1v) is 4.78. The third-order valence-corrected chi connectivity index (χ3v) is 2.28. The Labute approximate surface area is 96.8 Å². The van der Waals surface area contributed by atoms with Gasteiger partial charge in [0.15, 0.2) is 0 Å². The Balaban J connectivity index is 2.98. The van der Waals surface area contributed by atoms with E-state index in [9.17, 15) is 9.59 Å². The molecule has 0 fully saturated rings. The van der Waals surface area contributed by atoms with Crippen molar-refractivity contribution in [2.75, 3.05) is 0 Å². The molecular weight excluding hydrogens is 232 g/mol. The molecule has 0 saturated heterocycles. The summed E-state index contributed by atoms with van der Waals surface area (Å²) in [5.41, 5.74) is 0.375. The van der Waals surface area contributed by atoms with E-state index in [0.29, 0.717) is 16.7 Å². The number of aliphatic carboxylic acids is 2. The highest BCUT2D eigenvalue weighted by Gasteiger charge is 2.11. The minimum absolute atomic E-state index is 0.0126. The molecule has 1 aromatic rings. The average molecular weight is 241 g/mol. The first-order valence-electron chi connectivity index (χ1n) is 4.41. The van der Waals surface area contributed by atoms with Gasteiger partial charge >= 0.3 is 11.9 Å². The monoisotopic (exact) mass is 240 g/mol. The molecule has 0 aliphatic carbocycles. The summed E-state index contributed by atoms with van der Waals surface area (Å²) >= 11 is 5.84. The highest BCUT2D eigenvalue weighted by molar-refractivity contribution is 6.31. The highest BCUT2D eigenvalue weighted by atomic mass is 35.5. The summed E-state index contributed by atoms with van der Waals surface area (Å²) in [5, 5.41) is 17.7. The molecule has 84 valence electrons. The van der Waals surface area contributed by atoms with E-state index in [2.05, 4.69) is 0 Å². The van der Waals surface area contributed by atoms with Gasteiger partial charge in [0, 0.05) is 23.1 Å². The largest absolute Gasteiger partial charge is 0.478 e. The number of carboxylic acids is 2. The van der Waals surface area contributed by atoms with Crippen LogP contribution in [0.3, 0.4) is 0 Å². The molecule has 0 spiro atoms. The quantitative estimate of drug-likeness (QED) is 0.789. The van der Waals surface area contributed by atoms with Crippen molar-refractivity contribution < 1.29 is 19.8 Å². The van der Waals surface area contributed by atoms with Crippen molar-refractivity contribution in [1.82, 2.24) is 0 Å². The van der Waals surface area contributed by atoms with Gasteiger partial charge in [0.05, 0.1) is 0 Å². The van der Waals surface area contributed by atoms with Gasteiger partial charge < -0.3 is 10.2 Å². The SMILES string of the molecule is O=C(O)C=C(Cc1ccccc1Cl)C(=O)O. The van der Waals surface area contributed by atoms with Gasteiger partial charge in [0.2, 0.25) is 0 Å². The molecular formula is C11H9ClO4. The summed E-state index contributed by atoms with van der Waals surface area (Å²) in [5.74, 6) is -2.55. The number of hydrogen-bond acceptors (Lipinski definition) is 2. The normalized spacial score (nSPS) is 11.2. The third-order valence-electron chi connectivity index (χ3n) is 1.91. The van der Waals surface area contributed by atoms with Crippen molar-refractivity contribution in [2.24, 2.45) is 0 Å². The molecule has 1 rings (SSSR count). The Hall–Kier alpha value is -1.81. The molecule has 0 amide bonds. The highest BCUT2D eigenvalue weighted by Crippen LogP contribution is 2.18. The Kier molecular flexibility index (Phi) is 4.08. The number of halogens is 1. The van der Waals surface area contributed by atoms with Crippen molar-refractivity contribution in [2.45, 2.75) is 6.42 Å². The zero-order valence-electron chi connectivity index (χ0n) is 8.18. The second-order valence-corrected chi connectivity index (χ2v) is 3.49. The molecule has 0 unspecified atom stereocenters. The lowest BCUT2D eigenvalue weighted by atomic mass is 10.1. The second-order valence-electron chi connectivity index (χ2n) is 3.08. The zero-order valence-corrected chi connectivity index (χ0v) is 8.94. The van der Waals surface area contributed by atoms with E-state index in [1.807, 2.05) is 0 Å². The molecule has 0 aromatic heterocycles. The average Bonchev–Trinajstić information content (AvgIpc) is 2.19. The van der Waals surface area contributed by atoms with E-state index in [1.54, 1.807) is 24.3 Å². The standard InChI is InChI=1S/C11H9ClO4/c12-9-4-2-1-3-7(9)5-8(11(15)16)6-10(13)14/h1-4,6H,5H2,(H,13,14)(H,15,16). The van der Waals surface area contributed by atoms with Crippen LogP contribution >= 0.6 is 11.6 Å². The Morgan fingerprint density at radius 2 is 1.88 bits per heavy atom. The summed E-state index contributed by atoms with van der Waals surface area (Å²) in [6.07, 6.45) is 0.660. The number of carboxylic acid groups (broad SMARTS) is 2. The van der Waals surface area contributed by atoms with Crippen LogP contribution in [-0.4, -0.2) is 22.2 Å².